The number of ketones is 2. The number of halogens is 2. The van der Waals surface area contributed by atoms with E-state index in [1.54, 1.807) is 0 Å². The number of nitrogen functional groups attached to an aromatic ring is 1. The number of aromatic nitrogens is 3. The van der Waals surface area contributed by atoms with Crippen LogP contribution >= 0.6 is 23.2 Å². The van der Waals surface area contributed by atoms with Gasteiger partial charge in [0.25, 0.3) is 0 Å². The zero-order chi connectivity index (χ0) is 43.4. The van der Waals surface area contributed by atoms with Gasteiger partial charge in [-0.1, -0.05) is 35.9 Å². The number of rotatable bonds is 12. The maximum atomic E-state index is 13.8. The second-order valence-electron chi connectivity index (χ2n) is 11.8. The van der Waals surface area contributed by atoms with E-state index in [-0.39, 0.29) is 63.1 Å². The summed E-state index contributed by atoms with van der Waals surface area (Å²) >= 11 is 11.5. The van der Waals surface area contributed by atoms with Gasteiger partial charge < -0.3 is 40.1 Å². The molecule has 0 aliphatic heterocycles. The second-order valence-corrected chi connectivity index (χ2v) is 18.3. The first kappa shape index (κ1) is 46.3. The van der Waals surface area contributed by atoms with Gasteiger partial charge in [0.2, 0.25) is 27.0 Å². The van der Waals surface area contributed by atoms with E-state index in [0.717, 1.165) is 11.6 Å². The van der Waals surface area contributed by atoms with Crippen molar-refractivity contribution in [2.45, 2.75) is 19.6 Å². The van der Waals surface area contributed by atoms with Crippen LogP contribution in [0.5, 0.6) is 5.75 Å². The number of ether oxygens (including phenoxy) is 1. The van der Waals surface area contributed by atoms with Crippen molar-refractivity contribution < 1.29 is 91.2 Å². The number of hydrogen-bond donors (Lipinski definition) is 4. The molecular formula is C32H20Cl2N7NaO14S4-2. The molecule has 0 unspecified atom stereocenters. The van der Waals surface area contributed by atoms with Crippen LogP contribution in [0.25, 0.3) is 0 Å². The minimum absolute atomic E-state index is 0. The summed E-state index contributed by atoms with van der Waals surface area (Å²) in [6, 6.07) is 9.94. The Balaban J connectivity index is 0.00000683. The van der Waals surface area contributed by atoms with E-state index in [4.69, 9.17) is 33.7 Å². The Hall–Kier alpha value is -4.77. The van der Waals surface area contributed by atoms with Crippen LogP contribution < -0.4 is 56.0 Å². The van der Waals surface area contributed by atoms with Crippen LogP contribution in [-0.2, 0) is 40.2 Å². The van der Waals surface area contributed by atoms with Gasteiger partial charge in [-0.05, 0) is 48.0 Å². The number of carbonyl (C=O) groups is 2. The average molecular weight is 949 g/mol. The van der Waals surface area contributed by atoms with Crippen molar-refractivity contribution in [1.29, 1.82) is 0 Å². The van der Waals surface area contributed by atoms with E-state index in [9.17, 15) is 56.9 Å². The van der Waals surface area contributed by atoms with E-state index in [1.807, 2.05) is 0 Å². The maximum absolute atomic E-state index is 13.8. The van der Waals surface area contributed by atoms with Gasteiger partial charge in [-0.25, -0.2) is 33.7 Å². The standard InChI is InChI=1S/C32H23Cl2N7O14S4.Na/c1-55-21-7-6-14(56(44,45)9-8-33)10-17(21)37-31-39-30(34)40-32(41-31)38-19-11-18(22(57(46,47)48)13-23(19)58(49,50)51)36-20-12-24(59(52,53)54)27(35)26-25(20)28(42)15-4-2-3-5-16(15)29(26)43;/h2-13,36H,35H2,1H3,(H,46,47,48)(H,49,50,51)(H,52,53,54)(H2,37,38,39,40,41);/q;+1/p-3/b9-8+;. The topological polar surface area (TPSA) is 350 Å². The van der Waals surface area contributed by atoms with Crippen molar-refractivity contribution in [3.05, 3.63) is 99.1 Å². The zero-order valence-electron chi connectivity index (χ0n) is 30.0. The average Bonchev–Trinajstić information content (AvgIpc) is 3.12. The maximum Gasteiger partial charge on any atom is 1.00 e. The Labute approximate surface area is 371 Å². The summed E-state index contributed by atoms with van der Waals surface area (Å²) in [5, 5.41) is 7.38. The second kappa shape index (κ2) is 16.9. The fourth-order valence-electron chi connectivity index (χ4n) is 5.73. The zero-order valence-corrected chi connectivity index (χ0v) is 36.7. The number of fused-ring (bicyclic) bond motifs is 2. The molecule has 0 bridgehead atoms. The molecule has 28 heteroatoms. The van der Waals surface area contributed by atoms with Gasteiger partial charge in [-0.15, -0.1) is 0 Å². The van der Waals surface area contributed by atoms with E-state index in [1.165, 1.54) is 43.5 Å². The molecule has 1 heterocycles. The summed E-state index contributed by atoms with van der Waals surface area (Å²) in [5.74, 6) is -3.06. The molecule has 0 radical (unpaired) electrons. The minimum atomic E-state index is -5.78. The van der Waals surface area contributed by atoms with Crippen LogP contribution in [0.3, 0.4) is 0 Å². The van der Waals surface area contributed by atoms with Crippen molar-refractivity contribution >= 4 is 115 Å². The molecule has 0 amide bonds. The summed E-state index contributed by atoms with van der Waals surface area (Å²) in [6.07, 6.45) is 0. The molecule has 6 rings (SSSR count). The third-order valence-electron chi connectivity index (χ3n) is 8.19. The molecule has 0 atom stereocenters. The fraction of sp³-hybridized carbons (Fsp3) is 0.0312. The molecular weight excluding hydrogens is 929 g/mol. The van der Waals surface area contributed by atoms with Crippen LogP contribution in [0, 0.1) is 0 Å². The number of nitrogens with zero attached hydrogens (tertiary/aromatic N) is 3. The number of sulfone groups is 1. The molecule has 4 aromatic carbocycles. The van der Waals surface area contributed by atoms with Gasteiger partial charge in [0.05, 0.1) is 66.3 Å². The number of nitrogens with one attached hydrogen (secondary N) is 3. The van der Waals surface area contributed by atoms with Crippen LogP contribution in [0.1, 0.15) is 31.8 Å². The Kier molecular flexibility index (Phi) is 13.1. The summed E-state index contributed by atoms with van der Waals surface area (Å²) in [4.78, 5) is 34.7. The third-order valence-corrected chi connectivity index (χ3v) is 12.7. The molecule has 0 spiro atoms. The van der Waals surface area contributed by atoms with Crippen molar-refractivity contribution in [3.63, 3.8) is 0 Å². The Morgan fingerprint density at radius 1 is 0.667 bits per heavy atom. The van der Waals surface area contributed by atoms with Crippen LogP contribution in [0.15, 0.2) is 91.2 Å². The molecule has 0 saturated carbocycles. The predicted molar refractivity (Wildman–Crippen MR) is 204 cm³/mol. The molecule has 21 nitrogen and oxygen atoms in total. The van der Waals surface area contributed by atoms with Gasteiger partial charge in [0.15, 0.2) is 11.6 Å². The first-order valence-corrected chi connectivity index (χ1v) is 22.2. The molecule has 1 aliphatic carbocycles. The number of hydrogen-bond acceptors (Lipinski definition) is 21. The molecule has 0 saturated heterocycles. The molecule has 1 aromatic heterocycles. The van der Waals surface area contributed by atoms with Crippen molar-refractivity contribution in [1.82, 2.24) is 15.0 Å². The monoisotopic (exact) mass is 947 g/mol. The molecule has 5 aromatic rings. The van der Waals surface area contributed by atoms with E-state index in [2.05, 4.69) is 30.9 Å². The summed E-state index contributed by atoms with van der Waals surface area (Å²) < 4.78 is 143. The van der Waals surface area contributed by atoms with E-state index >= 15 is 0 Å². The van der Waals surface area contributed by atoms with Crippen LogP contribution in [0.4, 0.5) is 40.3 Å². The Morgan fingerprint density at radius 3 is 1.70 bits per heavy atom. The molecule has 308 valence electrons. The van der Waals surface area contributed by atoms with Crippen LogP contribution in [-0.4, -0.2) is 81.0 Å². The van der Waals surface area contributed by atoms with Gasteiger partial charge >= 0.3 is 29.6 Å². The SMILES string of the molecule is COc1ccc(S(=O)(=O)/C=C/Cl)cc1Nc1nc(Cl)nc(Nc2cc(Nc3cc(S(=O)(=O)[O-])c(N)c4c3C(=O)c3ccccc3C4=O)c(S(=O)(=O)[O-])cc2S(=O)(=O)[O-])n1.[Na+]. The fourth-order valence-corrected chi connectivity index (χ4v) is 9.12. The number of carbonyl (C=O) groups excluding carboxylic acids is 2. The Morgan fingerprint density at radius 2 is 1.18 bits per heavy atom. The van der Waals surface area contributed by atoms with Crippen molar-refractivity contribution in [3.8, 4) is 5.75 Å². The van der Waals surface area contributed by atoms with Gasteiger partial charge in [-0.2, -0.15) is 15.0 Å². The van der Waals surface area contributed by atoms with Gasteiger partial charge in [-0.3, -0.25) is 9.59 Å². The molecule has 5 N–H and O–H groups in total. The summed E-state index contributed by atoms with van der Waals surface area (Å²) in [5.41, 5.74) is 1.27. The third kappa shape index (κ3) is 9.26. The minimum Gasteiger partial charge on any atom is -0.744 e. The van der Waals surface area contributed by atoms with Gasteiger partial charge in [0, 0.05) is 22.1 Å². The summed E-state index contributed by atoms with van der Waals surface area (Å²) in [6.45, 7) is 0. The molecule has 1 aliphatic rings. The largest absolute Gasteiger partial charge is 1.00 e. The van der Waals surface area contributed by atoms with Crippen molar-refractivity contribution in [2.24, 2.45) is 0 Å². The Bertz CT molecular complexity index is 3160. The number of methoxy groups -OCH3 is 1. The smallest absolute Gasteiger partial charge is 0.744 e. The van der Waals surface area contributed by atoms with Crippen LogP contribution in [0.2, 0.25) is 5.28 Å². The number of benzene rings is 4. The quantitative estimate of drug-likeness (QED) is 0.0729. The van der Waals surface area contributed by atoms with E-state index < -0.39 is 118 Å². The molecule has 0 fully saturated rings. The van der Waals surface area contributed by atoms with Crippen molar-refractivity contribution in [2.75, 3.05) is 28.8 Å². The summed E-state index contributed by atoms with van der Waals surface area (Å²) in [7, 11) is -19.8. The predicted octanol–water partition coefficient (Wildman–Crippen LogP) is 0.322. The van der Waals surface area contributed by atoms with E-state index in [0.29, 0.717) is 17.5 Å². The number of nitrogens with two attached hydrogens (primary N) is 1. The van der Waals surface area contributed by atoms with Gasteiger partial charge in [0.1, 0.15) is 36.1 Å². The first-order valence-electron chi connectivity index (χ1n) is 15.6. The molecule has 60 heavy (non-hydrogen) atoms. The number of anilines is 7. The first-order chi connectivity index (χ1) is 27.4. The normalized spacial score (nSPS) is 13.0.